The molecule has 0 aliphatic heterocycles. The van der Waals surface area contributed by atoms with E-state index in [9.17, 15) is 4.79 Å². The fourth-order valence-corrected chi connectivity index (χ4v) is 3.01. The van der Waals surface area contributed by atoms with Gasteiger partial charge in [0, 0.05) is 21.0 Å². The third-order valence-corrected chi connectivity index (χ3v) is 4.44. The molecule has 1 aromatic heterocycles. The first-order chi connectivity index (χ1) is 10.1. The summed E-state index contributed by atoms with van der Waals surface area (Å²) in [6.07, 6.45) is 0. The summed E-state index contributed by atoms with van der Waals surface area (Å²) < 4.78 is 1.03. The molecular weight excluding hydrogens is 350 g/mol. The van der Waals surface area contributed by atoms with Gasteiger partial charge in [-0.2, -0.15) is 0 Å². The molecule has 0 radical (unpaired) electrons. The molecule has 0 fully saturated rings. The number of nitrogens with zero attached hydrogens (tertiary/aromatic N) is 1. The topological polar surface area (TPSA) is 50.2 Å². The van der Waals surface area contributed by atoms with Gasteiger partial charge in [0.2, 0.25) is 0 Å². The van der Waals surface area contributed by atoms with Gasteiger partial charge in [-0.05, 0) is 24.3 Å². The minimum atomic E-state index is -0.921. The average molecular weight is 360 g/mol. The number of benzene rings is 2. The minimum absolute atomic E-state index is 0.280. The number of rotatable bonds is 3. The summed E-state index contributed by atoms with van der Waals surface area (Å²) in [5.74, 6) is -0.921. The summed E-state index contributed by atoms with van der Waals surface area (Å²) in [6, 6.07) is 14.7. The van der Waals surface area contributed by atoms with Crippen LogP contribution < -0.4 is 0 Å². The summed E-state index contributed by atoms with van der Waals surface area (Å²) in [6.45, 7) is 0. The second-order valence-electron chi connectivity index (χ2n) is 4.43. The van der Waals surface area contributed by atoms with E-state index in [0.29, 0.717) is 0 Å². The van der Waals surface area contributed by atoms with Crippen LogP contribution in [0.15, 0.2) is 58.4 Å². The Kier molecular flexibility index (Phi) is 3.86. The SMILES string of the molecule is O=C(O)c1ccc(-c2csc(-c3ccc(Br)cc3)n2)cc1. The number of halogens is 1. The number of hydrogen-bond acceptors (Lipinski definition) is 3. The fourth-order valence-electron chi connectivity index (χ4n) is 1.91. The van der Waals surface area contributed by atoms with Crippen molar-refractivity contribution in [3.05, 3.63) is 63.9 Å². The van der Waals surface area contributed by atoms with Crippen molar-refractivity contribution in [3.63, 3.8) is 0 Å². The van der Waals surface area contributed by atoms with Crippen LogP contribution >= 0.6 is 27.3 Å². The summed E-state index contributed by atoms with van der Waals surface area (Å²) in [5.41, 5.74) is 3.12. The van der Waals surface area contributed by atoms with Gasteiger partial charge in [-0.1, -0.05) is 40.2 Å². The van der Waals surface area contributed by atoms with Crippen molar-refractivity contribution >= 4 is 33.2 Å². The van der Waals surface area contributed by atoms with Crippen molar-refractivity contribution in [1.82, 2.24) is 4.98 Å². The molecule has 0 saturated carbocycles. The third kappa shape index (κ3) is 3.04. The van der Waals surface area contributed by atoms with E-state index in [1.54, 1.807) is 35.6 Å². The van der Waals surface area contributed by atoms with Crippen LogP contribution in [0.2, 0.25) is 0 Å². The zero-order chi connectivity index (χ0) is 14.8. The van der Waals surface area contributed by atoms with E-state index in [1.807, 2.05) is 29.6 Å². The van der Waals surface area contributed by atoms with Gasteiger partial charge < -0.3 is 5.11 Å². The smallest absolute Gasteiger partial charge is 0.335 e. The number of carboxylic acids is 1. The maximum atomic E-state index is 10.8. The van der Waals surface area contributed by atoms with Crippen molar-refractivity contribution in [2.45, 2.75) is 0 Å². The van der Waals surface area contributed by atoms with Crippen LogP contribution in [0.3, 0.4) is 0 Å². The number of carboxylic acid groups (broad SMARTS) is 1. The van der Waals surface area contributed by atoms with Crippen LogP contribution in [-0.4, -0.2) is 16.1 Å². The van der Waals surface area contributed by atoms with Gasteiger partial charge >= 0.3 is 5.97 Å². The molecule has 1 heterocycles. The number of carbonyl (C=O) groups is 1. The Bertz CT molecular complexity index is 779. The average Bonchev–Trinajstić information content (AvgIpc) is 2.98. The number of aromatic nitrogens is 1. The monoisotopic (exact) mass is 359 g/mol. The van der Waals surface area contributed by atoms with E-state index < -0.39 is 5.97 Å². The molecule has 0 saturated heterocycles. The van der Waals surface area contributed by atoms with Crippen molar-refractivity contribution in [1.29, 1.82) is 0 Å². The quantitative estimate of drug-likeness (QED) is 0.720. The number of thiazole rings is 1. The molecule has 104 valence electrons. The van der Waals surface area contributed by atoms with Crippen LogP contribution in [-0.2, 0) is 0 Å². The first kappa shape index (κ1) is 14.0. The summed E-state index contributed by atoms with van der Waals surface area (Å²) >= 11 is 4.98. The zero-order valence-corrected chi connectivity index (χ0v) is 13.2. The number of aromatic carboxylic acids is 1. The first-order valence-electron chi connectivity index (χ1n) is 6.19. The predicted octanol–water partition coefficient (Wildman–Crippen LogP) is 4.94. The lowest BCUT2D eigenvalue weighted by Gasteiger charge is -1.99. The second kappa shape index (κ2) is 5.79. The molecule has 0 aliphatic carbocycles. The molecule has 0 amide bonds. The van der Waals surface area contributed by atoms with Gasteiger partial charge in [0.1, 0.15) is 5.01 Å². The Balaban J connectivity index is 1.90. The largest absolute Gasteiger partial charge is 0.478 e. The molecular formula is C16H10BrNO2S. The molecule has 5 heteroatoms. The maximum Gasteiger partial charge on any atom is 0.335 e. The van der Waals surface area contributed by atoms with E-state index in [1.165, 1.54) is 0 Å². The highest BCUT2D eigenvalue weighted by Gasteiger charge is 2.08. The fraction of sp³-hybridized carbons (Fsp3) is 0. The molecule has 0 aliphatic rings. The van der Waals surface area contributed by atoms with Crippen LogP contribution in [0.25, 0.3) is 21.8 Å². The Labute approximate surface area is 134 Å². The van der Waals surface area contributed by atoms with Crippen LogP contribution in [0.5, 0.6) is 0 Å². The Hall–Kier alpha value is -1.98. The Morgan fingerprint density at radius 3 is 2.24 bits per heavy atom. The van der Waals surface area contributed by atoms with E-state index in [0.717, 1.165) is 26.3 Å². The molecule has 21 heavy (non-hydrogen) atoms. The van der Waals surface area contributed by atoms with E-state index in [-0.39, 0.29) is 5.56 Å². The highest BCUT2D eigenvalue weighted by Crippen LogP contribution is 2.29. The lowest BCUT2D eigenvalue weighted by molar-refractivity contribution is 0.0697. The Morgan fingerprint density at radius 2 is 1.62 bits per heavy atom. The Morgan fingerprint density at radius 1 is 1.00 bits per heavy atom. The normalized spacial score (nSPS) is 10.5. The van der Waals surface area contributed by atoms with Gasteiger partial charge in [-0.25, -0.2) is 9.78 Å². The van der Waals surface area contributed by atoms with Crippen LogP contribution in [0.4, 0.5) is 0 Å². The first-order valence-corrected chi connectivity index (χ1v) is 7.86. The van der Waals surface area contributed by atoms with Gasteiger partial charge in [-0.3, -0.25) is 0 Å². The zero-order valence-electron chi connectivity index (χ0n) is 10.8. The summed E-state index contributed by atoms with van der Waals surface area (Å²) in [5, 5.41) is 11.8. The molecule has 3 aromatic rings. The van der Waals surface area contributed by atoms with Gasteiger partial charge in [0.25, 0.3) is 0 Å². The molecule has 2 aromatic carbocycles. The van der Waals surface area contributed by atoms with Crippen LogP contribution in [0, 0.1) is 0 Å². The summed E-state index contributed by atoms with van der Waals surface area (Å²) in [4.78, 5) is 15.5. The molecule has 0 atom stereocenters. The van der Waals surface area contributed by atoms with E-state index >= 15 is 0 Å². The highest BCUT2D eigenvalue weighted by molar-refractivity contribution is 9.10. The molecule has 3 rings (SSSR count). The molecule has 0 spiro atoms. The predicted molar refractivity (Wildman–Crippen MR) is 87.6 cm³/mol. The van der Waals surface area contributed by atoms with E-state index in [2.05, 4.69) is 20.9 Å². The van der Waals surface area contributed by atoms with Crippen LogP contribution in [0.1, 0.15) is 10.4 Å². The van der Waals surface area contributed by atoms with Crippen molar-refractivity contribution in [2.75, 3.05) is 0 Å². The lowest BCUT2D eigenvalue weighted by Crippen LogP contribution is -1.94. The number of hydrogen-bond donors (Lipinski definition) is 1. The molecule has 3 nitrogen and oxygen atoms in total. The minimum Gasteiger partial charge on any atom is -0.478 e. The molecule has 0 unspecified atom stereocenters. The highest BCUT2D eigenvalue weighted by atomic mass is 79.9. The standard InChI is InChI=1S/C16H10BrNO2S/c17-13-7-5-11(6-8-13)15-18-14(9-21-15)10-1-3-12(4-2-10)16(19)20/h1-9H,(H,19,20). The van der Waals surface area contributed by atoms with Crippen molar-refractivity contribution < 1.29 is 9.90 Å². The molecule has 1 N–H and O–H groups in total. The van der Waals surface area contributed by atoms with Gasteiger partial charge in [-0.15, -0.1) is 11.3 Å². The van der Waals surface area contributed by atoms with Crippen molar-refractivity contribution in [3.8, 4) is 21.8 Å². The lowest BCUT2D eigenvalue weighted by atomic mass is 10.1. The summed E-state index contributed by atoms with van der Waals surface area (Å²) in [7, 11) is 0. The molecule has 0 bridgehead atoms. The second-order valence-corrected chi connectivity index (χ2v) is 6.20. The van der Waals surface area contributed by atoms with Gasteiger partial charge in [0.05, 0.1) is 11.3 Å². The third-order valence-electron chi connectivity index (χ3n) is 3.02. The van der Waals surface area contributed by atoms with E-state index in [4.69, 9.17) is 5.11 Å². The van der Waals surface area contributed by atoms with Gasteiger partial charge in [0.15, 0.2) is 0 Å². The van der Waals surface area contributed by atoms with Crippen molar-refractivity contribution in [2.24, 2.45) is 0 Å². The maximum absolute atomic E-state index is 10.8.